The van der Waals surface area contributed by atoms with E-state index < -0.39 is 16.2 Å². The summed E-state index contributed by atoms with van der Waals surface area (Å²) < 4.78 is 32.4. The number of fused-ring (bicyclic) bond motifs is 3. The molecule has 0 radical (unpaired) electrons. The quantitative estimate of drug-likeness (QED) is 0.163. The van der Waals surface area contributed by atoms with Gasteiger partial charge in [-0.25, -0.2) is 0 Å². The zero-order valence-electron chi connectivity index (χ0n) is 28.3. The Balaban J connectivity index is 1.56. The minimum atomic E-state index is -1.78. The molecule has 1 saturated heterocycles. The van der Waals surface area contributed by atoms with Crippen molar-refractivity contribution < 1.29 is 22.4 Å². The van der Waals surface area contributed by atoms with Crippen LogP contribution < -0.4 is 14.0 Å². The van der Waals surface area contributed by atoms with E-state index in [1.807, 2.05) is 0 Å². The number of ether oxygens (including phenoxy) is 2. The highest BCUT2D eigenvalue weighted by atomic mass is 31.1. The predicted molar refractivity (Wildman–Crippen MR) is 193 cm³/mol. The van der Waals surface area contributed by atoms with Gasteiger partial charge in [-0.1, -0.05) is 110 Å². The van der Waals surface area contributed by atoms with E-state index in [9.17, 15) is 0 Å². The maximum Gasteiger partial charge on any atom is 0.387 e. The van der Waals surface area contributed by atoms with Crippen molar-refractivity contribution in [3.8, 4) is 11.5 Å². The molecule has 0 unspecified atom stereocenters. The van der Waals surface area contributed by atoms with E-state index in [4.69, 9.17) is 22.4 Å². The molecule has 6 rings (SSSR count). The summed E-state index contributed by atoms with van der Waals surface area (Å²) in [5, 5.41) is 1.85. The van der Waals surface area contributed by atoms with Crippen molar-refractivity contribution in [1.82, 2.24) is 0 Å². The Hall–Kier alpha value is -3.23. The monoisotopic (exact) mass is 656 g/mol. The van der Waals surface area contributed by atoms with Crippen LogP contribution in [0.2, 0.25) is 0 Å². The second kappa shape index (κ2) is 13.1. The van der Waals surface area contributed by atoms with Crippen molar-refractivity contribution >= 4 is 38.1 Å². The topological polar surface area (TPSA) is 54.0 Å². The fourth-order valence-electron chi connectivity index (χ4n) is 6.60. The molecule has 1 fully saturated rings. The first-order valence-corrected chi connectivity index (χ1v) is 18.8. The highest BCUT2D eigenvalue weighted by Gasteiger charge is 2.38. The van der Waals surface area contributed by atoms with Crippen molar-refractivity contribution in [2.75, 3.05) is 20.6 Å². The standard InChI is InChI=1S/C39H46O5P2/c1-38(2,3)32-23-28(40-7)21-30-31-22-29(41-8)24-33(39(4,5)6)37(31)44-46(43-36(30)32)42-25-45-34(26-15-11-9-12-16-26)19-20-35(45)27-17-13-10-14-18-27/h9-18,21-24,34-35H,19-20,25H2,1-8H3/t34-,35-/m0/s1. The molecule has 0 bridgehead atoms. The Labute approximate surface area is 275 Å². The van der Waals surface area contributed by atoms with Gasteiger partial charge in [0.25, 0.3) is 0 Å². The summed E-state index contributed by atoms with van der Waals surface area (Å²) >= 11 is 0. The van der Waals surface area contributed by atoms with Crippen molar-refractivity contribution in [2.24, 2.45) is 0 Å². The Morgan fingerprint density at radius 1 is 0.630 bits per heavy atom. The maximum atomic E-state index is 6.91. The van der Waals surface area contributed by atoms with Gasteiger partial charge in [0, 0.05) is 33.2 Å². The zero-order valence-corrected chi connectivity index (χ0v) is 30.1. The lowest BCUT2D eigenvalue weighted by molar-refractivity contribution is 0.411. The predicted octanol–water partition coefficient (Wildman–Crippen LogP) is 12.0. The molecule has 46 heavy (non-hydrogen) atoms. The molecule has 1 aromatic heterocycles. The normalized spacial score (nSPS) is 17.5. The summed E-state index contributed by atoms with van der Waals surface area (Å²) in [7, 11) is 1.06. The molecule has 1 aliphatic rings. The molecule has 5 nitrogen and oxygen atoms in total. The second-order valence-corrected chi connectivity index (χ2v) is 17.8. The smallest absolute Gasteiger partial charge is 0.387 e. The molecule has 0 saturated carbocycles. The molecule has 2 atom stereocenters. The van der Waals surface area contributed by atoms with Crippen LogP contribution in [0.15, 0.2) is 93.3 Å². The van der Waals surface area contributed by atoms with Crippen LogP contribution >= 0.6 is 16.2 Å². The van der Waals surface area contributed by atoms with Gasteiger partial charge in [-0.2, -0.15) is 0 Å². The number of benzene rings is 4. The Kier molecular flexibility index (Phi) is 9.32. The van der Waals surface area contributed by atoms with Crippen molar-refractivity contribution in [3.05, 3.63) is 107 Å². The first-order valence-electron chi connectivity index (χ1n) is 16.1. The van der Waals surface area contributed by atoms with Crippen LogP contribution in [0, 0.1) is 0 Å². The van der Waals surface area contributed by atoms with E-state index >= 15 is 0 Å². The van der Waals surface area contributed by atoms with Gasteiger partial charge in [-0.05, 0) is 59.1 Å². The number of hydrogen-bond acceptors (Lipinski definition) is 5. The summed E-state index contributed by atoms with van der Waals surface area (Å²) in [6.07, 6.45) is 2.88. The Morgan fingerprint density at radius 3 is 1.41 bits per heavy atom. The van der Waals surface area contributed by atoms with Gasteiger partial charge < -0.3 is 17.9 Å². The van der Waals surface area contributed by atoms with Gasteiger partial charge in [0.15, 0.2) is 0 Å². The molecule has 7 heteroatoms. The Bertz CT molecular complexity index is 1720. The fourth-order valence-corrected chi connectivity index (χ4v) is 11.2. The van der Waals surface area contributed by atoms with Crippen LogP contribution in [-0.2, 0) is 10.8 Å². The van der Waals surface area contributed by atoms with Crippen LogP contribution in [0.1, 0.15) is 88.0 Å². The summed E-state index contributed by atoms with van der Waals surface area (Å²) in [4.78, 5) is 0. The summed E-state index contributed by atoms with van der Waals surface area (Å²) in [5.41, 5.74) is 6.91. The molecular formula is C39H46O5P2. The fraction of sp³-hybridized carbons (Fsp3) is 0.385. The van der Waals surface area contributed by atoms with Crippen molar-refractivity contribution in [3.63, 3.8) is 0 Å². The maximum absolute atomic E-state index is 6.91. The number of methoxy groups -OCH3 is 2. The van der Waals surface area contributed by atoms with Gasteiger partial charge in [-0.3, -0.25) is 4.52 Å². The van der Waals surface area contributed by atoms with E-state index in [0.29, 0.717) is 17.7 Å². The molecule has 1 aliphatic heterocycles. The summed E-state index contributed by atoms with van der Waals surface area (Å²) in [6, 6.07) is 30.2. The largest absolute Gasteiger partial charge is 0.497 e. The zero-order chi connectivity index (χ0) is 32.6. The minimum absolute atomic E-state index is 0.220. The number of rotatable bonds is 7. The molecule has 4 aromatic carbocycles. The minimum Gasteiger partial charge on any atom is -0.497 e. The summed E-state index contributed by atoms with van der Waals surface area (Å²) in [5.74, 6) is 1.55. The average molecular weight is 657 g/mol. The van der Waals surface area contributed by atoms with Crippen molar-refractivity contribution in [1.29, 1.82) is 0 Å². The number of hydrogen-bond donors (Lipinski definition) is 0. The van der Waals surface area contributed by atoms with Crippen LogP contribution in [-0.4, -0.2) is 20.6 Å². The van der Waals surface area contributed by atoms with Gasteiger partial charge in [-0.15, -0.1) is 0 Å². The molecular weight excluding hydrogens is 610 g/mol. The third-order valence-corrected chi connectivity index (χ3v) is 13.4. The Morgan fingerprint density at radius 2 is 1.04 bits per heavy atom. The van der Waals surface area contributed by atoms with E-state index in [1.165, 1.54) is 11.1 Å². The van der Waals surface area contributed by atoms with Gasteiger partial charge in [0.2, 0.25) is 0 Å². The lowest BCUT2D eigenvalue weighted by Gasteiger charge is -2.26. The van der Waals surface area contributed by atoms with Crippen LogP contribution in [0.4, 0.5) is 0 Å². The molecule has 0 N–H and O–H groups in total. The molecule has 0 spiro atoms. The molecule has 5 aromatic rings. The summed E-state index contributed by atoms with van der Waals surface area (Å²) in [6.45, 7) is 13.2. The van der Waals surface area contributed by atoms with E-state index in [1.54, 1.807) is 14.2 Å². The van der Waals surface area contributed by atoms with Crippen LogP contribution in [0.25, 0.3) is 21.9 Å². The SMILES string of the molecule is COc1cc(C(C)(C)C)c2op(OCP3[C@H](c4ccccc4)CC[C@H]3c3ccccc3)oc3c(C(C)(C)C)cc(OC)cc3c2c1. The highest BCUT2D eigenvalue weighted by Crippen LogP contribution is 2.70. The van der Waals surface area contributed by atoms with Gasteiger partial charge in [0.05, 0.1) is 20.6 Å². The molecule has 0 amide bonds. The highest BCUT2D eigenvalue weighted by molar-refractivity contribution is 7.59. The molecule has 0 aliphatic carbocycles. The van der Waals surface area contributed by atoms with Crippen molar-refractivity contribution in [2.45, 2.75) is 76.5 Å². The van der Waals surface area contributed by atoms with Crippen LogP contribution in [0.5, 0.6) is 11.5 Å². The van der Waals surface area contributed by atoms with Gasteiger partial charge in [0.1, 0.15) is 22.7 Å². The molecule has 242 valence electrons. The third kappa shape index (κ3) is 6.61. The van der Waals surface area contributed by atoms with Gasteiger partial charge >= 0.3 is 8.24 Å². The van der Waals surface area contributed by atoms with E-state index in [0.717, 1.165) is 57.4 Å². The average Bonchev–Trinajstić information content (AvgIpc) is 3.40. The van der Waals surface area contributed by atoms with E-state index in [-0.39, 0.29) is 10.8 Å². The van der Waals surface area contributed by atoms with Crippen LogP contribution in [0.3, 0.4) is 0 Å². The molecule has 2 heterocycles. The second-order valence-electron chi connectivity index (χ2n) is 14.2. The lowest BCUT2D eigenvalue weighted by Crippen LogP contribution is -2.12. The first kappa shape index (κ1) is 32.7. The lowest BCUT2D eigenvalue weighted by atomic mass is 9.84. The van der Waals surface area contributed by atoms with E-state index in [2.05, 4.69) is 126 Å². The third-order valence-electron chi connectivity index (χ3n) is 9.03. The first-order chi connectivity index (χ1) is 22.0.